The van der Waals surface area contributed by atoms with Crippen molar-refractivity contribution >= 4 is 11.4 Å². The van der Waals surface area contributed by atoms with Crippen molar-refractivity contribution < 1.29 is 60.5 Å². The fraction of sp³-hybridized carbons (Fsp3) is 0.625. The van der Waals surface area contributed by atoms with Crippen LogP contribution in [0.4, 0.5) is 11.4 Å². The predicted molar refractivity (Wildman–Crippen MR) is 158 cm³/mol. The predicted octanol–water partition coefficient (Wildman–Crippen LogP) is 3.82. The van der Waals surface area contributed by atoms with E-state index >= 15 is 0 Å². The van der Waals surface area contributed by atoms with E-state index in [2.05, 4.69) is 88.6 Å². The Morgan fingerprint density at radius 2 is 0.923 bits per heavy atom. The van der Waals surface area contributed by atoms with Crippen molar-refractivity contribution in [1.29, 1.82) is 0 Å². The van der Waals surface area contributed by atoms with Gasteiger partial charge in [-0.3, -0.25) is 0 Å². The van der Waals surface area contributed by atoms with Crippen LogP contribution in [0, 0.1) is 27.7 Å². The fourth-order valence-electron chi connectivity index (χ4n) is 3.55. The minimum Gasteiger partial charge on any atom is -1.00 e. The molecule has 2 aliphatic rings. The van der Waals surface area contributed by atoms with Crippen LogP contribution in [0.25, 0.3) is 10.6 Å². The second-order valence-corrected chi connectivity index (χ2v) is 9.55. The summed E-state index contributed by atoms with van der Waals surface area (Å²) in [6, 6.07) is 12.6. The van der Waals surface area contributed by atoms with Gasteiger partial charge in [-0.2, -0.15) is 0 Å². The molecule has 220 valence electrons. The van der Waals surface area contributed by atoms with E-state index in [4.69, 9.17) is 9.47 Å². The summed E-state index contributed by atoms with van der Waals surface area (Å²) in [5, 5.41) is 9.11. The molecule has 0 bridgehead atoms. The largest absolute Gasteiger partial charge is 4.00 e. The van der Waals surface area contributed by atoms with Gasteiger partial charge in [0.2, 0.25) is 0 Å². The van der Waals surface area contributed by atoms with Crippen LogP contribution in [0.5, 0.6) is 0 Å². The van der Waals surface area contributed by atoms with E-state index in [-0.39, 0.29) is 51.0 Å². The Balaban J connectivity index is -0.000000466. The van der Waals surface area contributed by atoms with E-state index < -0.39 is 0 Å². The van der Waals surface area contributed by atoms with Gasteiger partial charge in [0, 0.05) is 26.4 Å². The molecule has 7 heteroatoms. The first-order chi connectivity index (χ1) is 17.5. The maximum absolute atomic E-state index is 4.94. The molecule has 2 aromatic rings. The number of rotatable bonds is 8. The van der Waals surface area contributed by atoms with Crippen LogP contribution in [0.15, 0.2) is 36.4 Å². The van der Waals surface area contributed by atoms with Crippen LogP contribution in [0.1, 0.15) is 87.5 Å². The summed E-state index contributed by atoms with van der Waals surface area (Å²) >= 11 is 0. The molecule has 4 rings (SSSR count). The number of aryl methyl sites for hydroxylation is 2. The van der Waals surface area contributed by atoms with Crippen molar-refractivity contribution in [2.75, 3.05) is 39.5 Å². The minimum atomic E-state index is 0. The number of unbranched alkanes of at least 4 members (excludes halogenated alkanes) is 2. The summed E-state index contributed by atoms with van der Waals surface area (Å²) in [7, 11) is 0. The van der Waals surface area contributed by atoms with Crippen LogP contribution in [-0.2, 0) is 35.7 Å². The molecular weight excluding hydrogens is 606 g/mol. The van der Waals surface area contributed by atoms with Crippen LogP contribution in [-0.4, -0.2) is 39.5 Å². The molecule has 2 aromatic carbocycles. The molecule has 0 saturated carbocycles. The number of nitrogens with zero attached hydrogens (tertiary/aromatic N) is 2. The second kappa shape index (κ2) is 28.9. The summed E-state index contributed by atoms with van der Waals surface area (Å²) in [6.07, 6.45) is 9.92. The molecule has 0 atom stereocenters. The molecule has 0 amide bonds. The number of halogens is 2. The van der Waals surface area contributed by atoms with E-state index in [1.807, 2.05) is 0 Å². The van der Waals surface area contributed by atoms with Crippen LogP contribution < -0.4 is 24.8 Å². The maximum atomic E-state index is 4.94. The van der Waals surface area contributed by atoms with Crippen LogP contribution in [0.3, 0.4) is 0 Å². The molecule has 2 fully saturated rings. The monoisotopic (exact) mass is 656 g/mol. The number of hydrogen-bond acceptors (Lipinski definition) is 2. The third kappa shape index (κ3) is 20.9. The molecule has 2 saturated heterocycles. The minimum absolute atomic E-state index is 0. The Kier molecular flexibility index (Phi) is 31.8. The van der Waals surface area contributed by atoms with E-state index in [1.54, 1.807) is 0 Å². The van der Waals surface area contributed by atoms with Crippen molar-refractivity contribution in [1.82, 2.24) is 0 Å². The van der Waals surface area contributed by atoms with Gasteiger partial charge < -0.3 is 44.9 Å². The maximum Gasteiger partial charge on any atom is 4.00 e. The van der Waals surface area contributed by atoms with Crippen molar-refractivity contribution in [2.24, 2.45) is 0 Å². The van der Waals surface area contributed by atoms with Crippen molar-refractivity contribution in [3.8, 4) is 0 Å². The number of benzene rings is 2. The van der Waals surface area contributed by atoms with Gasteiger partial charge in [-0.25, -0.2) is 0 Å². The van der Waals surface area contributed by atoms with Gasteiger partial charge in [-0.15, -0.1) is 24.5 Å². The quantitative estimate of drug-likeness (QED) is 0.406. The Labute approximate surface area is 272 Å². The zero-order valence-electron chi connectivity index (χ0n) is 25.3. The normalized spacial score (nSPS) is 12.9. The van der Waals surface area contributed by atoms with Gasteiger partial charge in [-0.05, 0) is 64.5 Å². The van der Waals surface area contributed by atoms with Gasteiger partial charge in [0.25, 0.3) is 0 Å². The zero-order valence-corrected chi connectivity index (χ0v) is 29.3. The van der Waals surface area contributed by atoms with Crippen molar-refractivity contribution in [3.63, 3.8) is 0 Å². The van der Waals surface area contributed by atoms with Crippen LogP contribution in [0.2, 0.25) is 0 Å². The second-order valence-electron chi connectivity index (χ2n) is 9.55. The van der Waals surface area contributed by atoms with Gasteiger partial charge in [0.1, 0.15) is 0 Å². The van der Waals surface area contributed by atoms with Crippen LogP contribution >= 0.6 is 0 Å². The molecule has 4 nitrogen and oxygen atoms in total. The third-order valence-electron chi connectivity index (χ3n) is 6.39. The molecule has 0 aliphatic carbocycles. The third-order valence-corrected chi connectivity index (χ3v) is 6.39. The molecule has 2 aliphatic heterocycles. The molecule has 0 N–H and O–H groups in total. The van der Waals surface area contributed by atoms with Crippen molar-refractivity contribution in [3.05, 3.63) is 69.3 Å². The summed E-state index contributed by atoms with van der Waals surface area (Å²) in [5.74, 6) is 0. The zero-order chi connectivity index (χ0) is 26.4. The van der Waals surface area contributed by atoms with Gasteiger partial charge in [-0.1, -0.05) is 87.1 Å². The van der Waals surface area contributed by atoms with Gasteiger partial charge in [0.15, 0.2) is 0 Å². The summed E-state index contributed by atoms with van der Waals surface area (Å²) in [6.45, 7) is 18.8. The smallest absolute Gasteiger partial charge is 1.00 e. The van der Waals surface area contributed by atoms with E-state index in [0.29, 0.717) is 0 Å². The first kappa shape index (κ1) is 42.9. The molecule has 0 spiro atoms. The standard InChI is InChI=1S/2C12H18N.2C4H8O.2ClH.Zr/c2*1-4-5-9-13-12-8-6-7-10(2)11(12)3;2*1-2-4-5-3-1;;;/h2*6-8H,4-5,9H2,1-3H3;2*1-4H2;2*1H;/q2*-1;;;;;+4/p-2. The van der Waals surface area contributed by atoms with Gasteiger partial charge >= 0.3 is 26.2 Å². The first-order valence-corrected chi connectivity index (χ1v) is 14.1. The average Bonchev–Trinajstić information content (AvgIpc) is 3.65. The Morgan fingerprint density at radius 1 is 0.590 bits per heavy atom. The Hall–Kier alpha value is -0.577. The number of hydrogen-bond donors (Lipinski definition) is 0. The number of ether oxygens (including phenoxy) is 2. The summed E-state index contributed by atoms with van der Waals surface area (Å²) < 4.78 is 9.89. The fourth-order valence-corrected chi connectivity index (χ4v) is 3.55. The van der Waals surface area contributed by atoms with E-state index in [0.717, 1.165) is 50.9 Å². The molecule has 2 heterocycles. The topological polar surface area (TPSA) is 46.7 Å². The summed E-state index contributed by atoms with van der Waals surface area (Å²) in [5.41, 5.74) is 7.62. The molecule has 0 radical (unpaired) electrons. The molecule has 0 unspecified atom stereocenters. The molecule has 0 aromatic heterocycles. The van der Waals surface area contributed by atoms with E-state index in [9.17, 15) is 0 Å². The SMILES string of the molecule is C1CCOC1.C1CCOC1.CCCC[N-]c1cccc(C)c1C.CCCC[N-]c1cccc(C)c1C.[Cl-].[Cl-].[Zr+4]. The molecule has 39 heavy (non-hydrogen) atoms. The first-order valence-electron chi connectivity index (χ1n) is 14.1. The van der Waals surface area contributed by atoms with Crippen molar-refractivity contribution in [2.45, 2.75) is 92.9 Å². The Bertz CT molecular complexity index is 734. The summed E-state index contributed by atoms with van der Waals surface area (Å²) in [4.78, 5) is 0. The average molecular weight is 659 g/mol. The van der Waals surface area contributed by atoms with E-state index in [1.165, 1.54) is 73.6 Å². The molecular formula is C32H52Cl2N2O2Zr. The van der Waals surface area contributed by atoms with Gasteiger partial charge in [0.05, 0.1) is 0 Å². The Morgan fingerprint density at radius 3 is 1.18 bits per heavy atom.